The van der Waals surface area contributed by atoms with Gasteiger partial charge < -0.3 is 20.3 Å². The molecule has 1 aliphatic heterocycles. The number of para-hydroxylation sites is 2. The van der Waals surface area contributed by atoms with Gasteiger partial charge in [-0.05, 0) is 47.3 Å². The standard InChI is InChI=1S/C19H21BrN8O/c20-13-9-22-28-17(13)25-19(27-8-4-3-5-12(27)11-29)26-18(28)21-10-16-23-14-6-1-2-7-15(14)24-16/h1-2,6-7,9,12,29H,3-5,8,10-11H2,(H,23,24)(H,21,25,26)/t12-/m0/s1. The molecule has 1 atom stereocenters. The van der Waals surface area contributed by atoms with Crippen LogP contribution in [0.4, 0.5) is 11.9 Å². The monoisotopic (exact) mass is 456 g/mol. The van der Waals surface area contributed by atoms with E-state index in [4.69, 9.17) is 9.97 Å². The third kappa shape index (κ3) is 3.42. The summed E-state index contributed by atoms with van der Waals surface area (Å²) in [6.07, 6.45) is 4.82. The number of H-pyrrole nitrogens is 1. The van der Waals surface area contributed by atoms with Crippen molar-refractivity contribution in [3.63, 3.8) is 0 Å². The van der Waals surface area contributed by atoms with Gasteiger partial charge in [0.05, 0.1) is 40.9 Å². The van der Waals surface area contributed by atoms with Crippen molar-refractivity contribution >= 4 is 44.5 Å². The van der Waals surface area contributed by atoms with E-state index in [2.05, 4.69) is 41.2 Å². The number of aliphatic hydroxyl groups excluding tert-OH is 1. The number of piperidine rings is 1. The first-order valence-corrected chi connectivity index (χ1v) is 10.5. The summed E-state index contributed by atoms with van der Waals surface area (Å²) in [5, 5.41) is 17.5. The molecule has 29 heavy (non-hydrogen) atoms. The average molecular weight is 457 g/mol. The summed E-state index contributed by atoms with van der Waals surface area (Å²) in [6, 6.07) is 7.97. The van der Waals surface area contributed by atoms with Crippen LogP contribution in [0.15, 0.2) is 34.9 Å². The largest absolute Gasteiger partial charge is 0.394 e. The van der Waals surface area contributed by atoms with E-state index in [9.17, 15) is 5.11 Å². The van der Waals surface area contributed by atoms with Crippen molar-refractivity contribution < 1.29 is 5.11 Å². The van der Waals surface area contributed by atoms with Gasteiger partial charge in [0.15, 0.2) is 5.65 Å². The first-order valence-electron chi connectivity index (χ1n) is 9.69. The van der Waals surface area contributed by atoms with Gasteiger partial charge in [-0.25, -0.2) is 4.98 Å². The molecule has 0 bridgehead atoms. The van der Waals surface area contributed by atoms with Crippen molar-refractivity contribution in [2.45, 2.75) is 31.8 Å². The molecule has 0 spiro atoms. The van der Waals surface area contributed by atoms with Crippen molar-refractivity contribution in [1.82, 2.24) is 29.5 Å². The molecule has 5 rings (SSSR count). The van der Waals surface area contributed by atoms with Crippen molar-refractivity contribution in [2.75, 3.05) is 23.4 Å². The minimum Gasteiger partial charge on any atom is -0.394 e. The van der Waals surface area contributed by atoms with E-state index < -0.39 is 0 Å². The number of aliphatic hydroxyl groups is 1. The maximum Gasteiger partial charge on any atom is 0.231 e. The van der Waals surface area contributed by atoms with E-state index in [1.165, 1.54) is 0 Å². The van der Waals surface area contributed by atoms with Gasteiger partial charge in [0.25, 0.3) is 0 Å². The number of rotatable bonds is 5. The highest BCUT2D eigenvalue weighted by Crippen LogP contribution is 2.26. The average Bonchev–Trinajstić information content (AvgIpc) is 3.35. The summed E-state index contributed by atoms with van der Waals surface area (Å²) >= 11 is 3.52. The number of anilines is 2. The van der Waals surface area contributed by atoms with Crippen molar-refractivity contribution in [1.29, 1.82) is 0 Å². The molecule has 9 nitrogen and oxygen atoms in total. The fourth-order valence-electron chi connectivity index (χ4n) is 3.79. The normalized spacial score (nSPS) is 17.3. The molecule has 1 saturated heterocycles. The first-order chi connectivity index (χ1) is 14.2. The number of aromatic amines is 1. The molecular formula is C19H21BrN8O. The number of hydrogen-bond acceptors (Lipinski definition) is 7. The van der Waals surface area contributed by atoms with Gasteiger partial charge in [0.2, 0.25) is 11.9 Å². The van der Waals surface area contributed by atoms with Crippen LogP contribution >= 0.6 is 15.9 Å². The summed E-state index contributed by atoms with van der Waals surface area (Å²) in [4.78, 5) is 19.4. The Bertz CT molecular complexity index is 1120. The summed E-state index contributed by atoms with van der Waals surface area (Å²) < 4.78 is 2.47. The summed E-state index contributed by atoms with van der Waals surface area (Å²) in [5.74, 6) is 2.00. The fraction of sp³-hybridized carbons (Fsp3) is 0.368. The van der Waals surface area contributed by atoms with Crippen LogP contribution < -0.4 is 10.2 Å². The van der Waals surface area contributed by atoms with Gasteiger partial charge >= 0.3 is 0 Å². The lowest BCUT2D eigenvalue weighted by Crippen LogP contribution is -2.43. The van der Waals surface area contributed by atoms with Crippen LogP contribution in [0, 0.1) is 0 Å². The summed E-state index contributed by atoms with van der Waals surface area (Å²) in [7, 11) is 0. The Morgan fingerprint density at radius 2 is 2.10 bits per heavy atom. The maximum atomic E-state index is 9.79. The van der Waals surface area contributed by atoms with Crippen LogP contribution in [0.25, 0.3) is 16.7 Å². The van der Waals surface area contributed by atoms with Gasteiger partial charge in [-0.15, -0.1) is 0 Å². The number of benzene rings is 1. The predicted octanol–water partition coefficient (Wildman–Crippen LogP) is 2.73. The lowest BCUT2D eigenvalue weighted by Gasteiger charge is -2.34. The Morgan fingerprint density at radius 1 is 1.21 bits per heavy atom. The number of nitrogens with one attached hydrogen (secondary N) is 2. The summed E-state index contributed by atoms with van der Waals surface area (Å²) in [5.41, 5.74) is 2.61. The second kappa shape index (κ2) is 7.60. The Balaban J connectivity index is 1.48. The van der Waals surface area contributed by atoms with Crippen molar-refractivity contribution in [3.05, 3.63) is 40.8 Å². The van der Waals surface area contributed by atoms with Crippen molar-refractivity contribution in [3.8, 4) is 0 Å². The Labute approximate surface area is 175 Å². The zero-order valence-electron chi connectivity index (χ0n) is 15.7. The first kappa shape index (κ1) is 18.3. The second-order valence-electron chi connectivity index (χ2n) is 7.15. The number of nitrogens with zero attached hydrogens (tertiary/aromatic N) is 6. The van der Waals surface area contributed by atoms with E-state index in [0.29, 0.717) is 24.1 Å². The lowest BCUT2D eigenvalue weighted by atomic mass is 10.0. The number of imidazole rings is 1. The van der Waals surface area contributed by atoms with E-state index in [0.717, 1.165) is 47.1 Å². The SMILES string of the molecule is OC[C@@H]1CCCCN1c1nc(NCc2nc3ccccc3[nH]2)n2ncc(Br)c2n1. The molecule has 1 fully saturated rings. The lowest BCUT2D eigenvalue weighted by molar-refractivity contribution is 0.239. The zero-order chi connectivity index (χ0) is 19.8. The molecule has 0 aliphatic carbocycles. The number of fused-ring (bicyclic) bond motifs is 2. The molecular weight excluding hydrogens is 436 g/mol. The molecule has 1 aliphatic rings. The molecule has 1 aromatic carbocycles. The Morgan fingerprint density at radius 3 is 2.97 bits per heavy atom. The zero-order valence-corrected chi connectivity index (χ0v) is 17.3. The maximum absolute atomic E-state index is 9.79. The molecule has 150 valence electrons. The smallest absolute Gasteiger partial charge is 0.231 e. The predicted molar refractivity (Wildman–Crippen MR) is 114 cm³/mol. The highest BCUT2D eigenvalue weighted by atomic mass is 79.9. The molecule has 3 N–H and O–H groups in total. The quantitative estimate of drug-likeness (QED) is 0.423. The molecule has 4 aromatic rings. The second-order valence-corrected chi connectivity index (χ2v) is 8.01. The third-order valence-corrected chi connectivity index (χ3v) is 5.82. The van der Waals surface area contributed by atoms with E-state index >= 15 is 0 Å². The van der Waals surface area contributed by atoms with Crippen molar-refractivity contribution in [2.24, 2.45) is 0 Å². The Kier molecular flexibility index (Phi) is 4.80. The summed E-state index contributed by atoms with van der Waals surface area (Å²) in [6.45, 7) is 1.40. The van der Waals surface area contributed by atoms with Gasteiger partial charge in [0, 0.05) is 6.54 Å². The third-order valence-electron chi connectivity index (χ3n) is 5.26. The van der Waals surface area contributed by atoms with Crippen LogP contribution in [0.5, 0.6) is 0 Å². The number of hydrogen-bond donors (Lipinski definition) is 3. The highest BCUT2D eigenvalue weighted by molar-refractivity contribution is 9.10. The van der Waals surface area contributed by atoms with Crippen LogP contribution in [-0.4, -0.2) is 53.9 Å². The minimum atomic E-state index is 0.0381. The fourth-order valence-corrected chi connectivity index (χ4v) is 4.14. The Hall–Kier alpha value is -2.72. The van der Waals surface area contributed by atoms with Crippen LogP contribution in [0.3, 0.4) is 0 Å². The number of aromatic nitrogens is 6. The van der Waals surface area contributed by atoms with Gasteiger partial charge in [-0.2, -0.15) is 19.6 Å². The molecule has 0 radical (unpaired) electrons. The van der Waals surface area contributed by atoms with E-state index in [-0.39, 0.29) is 12.6 Å². The van der Waals surface area contributed by atoms with Gasteiger partial charge in [-0.1, -0.05) is 12.1 Å². The van der Waals surface area contributed by atoms with E-state index in [1.54, 1.807) is 10.7 Å². The molecule has 3 aromatic heterocycles. The minimum absolute atomic E-state index is 0.0381. The van der Waals surface area contributed by atoms with Gasteiger partial charge in [0.1, 0.15) is 5.82 Å². The van der Waals surface area contributed by atoms with Crippen LogP contribution in [0.2, 0.25) is 0 Å². The number of halogens is 1. The van der Waals surface area contributed by atoms with Gasteiger partial charge in [-0.3, -0.25) is 0 Å². The topological polar surface area (TPSA) is 107 Å². The molecule has 4 heterocycles. The molecule has 10 heteroatoms. The van der Waals surface area contributed by atoms with E-state index in [1.807, 2.05) is 24.3 Å². The van der Waals surface area contributed by atoms with Crippen LogP contribution in [0.1, 0.15) is 25.1 Å². The van der Waals surface area contributed by atoms with Crippen LogP contribution in [-0.2, 0) is 6.54 Å². The molecule has 0 saturated carbocycles. The molecule has 0 amide bonds. The highest BCUT2D eigenvalue weighted by Gasteiger charge is 2.25. The molecule has 0 unspecified atom stereocenters.